The first kappa shape index (κ1) is 17.6. The van der Waals surface area contributed by atoms with Crippen LogP contribution in [0.25, 0.3) is 0 Å². The number of nitrogens with zero attached hydrogens (tertiary/aromatic N) is 2. The second-order valence-electron chi connectivity index (χ2n) is 6.38. The van der Waals surface area contributed by atoms with Crippen LogP contribution in [-0.2, 0) is 9.59 Å². The van der Waals surface area contributed by atoms with E-state index in [4.69, 9.17) is 5.11 Å². The monoisotopic (exact) mass is 325 g/mol. The Bertz CT molecular complexity index is 427. The van der Waals surface area contributed by atoms with Crippen molar-refractivity contribution in [1.29, 1.82) is 0 Å². The highest BCUT2D eigenvalue weighted by atomic mass is 16.4. The number of piperazine rings is 1. The fraction of sp³-hybridized carbons (Fsp3) is 0.812. The van der Waals surface area contributed by atoms with Crippen molar-refractivity contribution in [2.24, 2.45) is 5.92 Å². The van der Waals surface area contributed by atoms with E-state index in [2.05, 4.69) is 5.32 Å². The minimum absolute atomic E-state index is 0.0595. The molecule has 2 N–H and O–H groups in total. The third kappa shape index (κ3) is 5.41. The van der Waals surface area contributed by atoms with E-state index in [-0.39, 0.29) is 24.3 Å². The molecule has 0 spiro atoms. The molecule has 23 heavy (non-hydrogen) atoms. The molecule has 0 aromatic heterocycles. The van der Waals surface area contributed by atoms with Gasteiger partial charge in [0.05, 0.1) is 0 Å². The minimum atomic E-state index is -0.853. The van der Waals surface area contributed by atoms with Gasteiger partial charge in [-0.1, -0.05) is 19.3 Å². The van der Waals surface area contributed by atoms with Crippen molar-refractivity contribution in [3.8, 4) is 0 Å². The van der Waals surface area contributed by atoms with Gasteiger partial charge in [-0.05, 0) is 19.3 Å². The summed E-state index contributed by atoms with van der Waals surface area (Å²) in [5.74, 6) is -0.416. The number of carboxylic acids is 1. The van der Waals surface area contributed by atoms with Gasteiger partial charge in [0.2, 0.25) is 5.91 Å². The highest BCUT2D eigenvalue weighted by Gasteiger charge is 2.29. The Morgan fingerprint density at radius 1 is 0.957 bits per heavy atom. The number of carbonyl (C=O) groups excluding carboxylic acids is 2. The number of aliphatic carboxylic acids is 1. The van der Waals surface area contributed by atoms with Gasteiger partial charge in [0.15, 0.2) is 0 Å². The molecule has 0 aromatic rings. The summed E-state index contributed by atoms with van der Waals surface area (Å²) in [7, 11) is 0. The first-order valence-electron chi connectivity index (χ1n) is 8.61. The maximum Gasteiger partial charge on any atom is 0.317 e. The highest BCUT2D eigenvalue weighted by molar-refractivity contribution is 5.79. The molecule has 130 valence electrons. The average molecular weight is 325 g/mol. The predicted octanol–water partition coefficient (Wildman–Crippen LogP) is 1.29. The standard InChI is InChI=1S/C16H27N3O4/c20-14(21)7-4-8-17-16(23)19-11-9-18(10-12-19)15(22)13-5-2-1-3-6-13/h13H,1-12H2,(H,17,23)(H,20,21). The van der Waals surface area contributed by atoms with Gasteiger partial charge >= 0.3 is 12.0 Å². The molecule has 1 heterocycles. The number of urea groups is 1. The number of carbonyl (C=O) groups is 3. The van der Waals surface area contributed by atoms with E-state index < -0.39 is 5.97 Å². The van der Waals surface area contributed by atoms with Gasteiger partial charge in [-0.25, -0.2) is 4.79 Å². The Balaban J connectivity index is 1.67. The molecule has 0 bridgehead atoms. The van der Waals surface area contributed by atoms with Crippen LogP contribution in [0.1, 0.15) is 44.9 Å². The third-order valence-corrected chi connectivity index (χ3v) is 4.68. The number of nitrogens with one attached hydrogen (secondary N) is 1. The lowest BCUT2D eigenvalue weighted by molar-refractivity contribution is -0.138. The normalized spacial score (nSPS) is 19.5. The molecule has 0 radical (unpaired) electrons. The van der Waals surface area contributed by atoms with Crippen molar-refractivity contribution in [2.45, 2.75) is 44.9 Å². The molecule has 1 saturated carbocycles. The molecule has 2 rings (SSSR count). The SMILES string of the molecule is O=C(O)CCCNC(=O)N1CCN(C(=O)C2CCCCC2)CC1. The van der Waals surface area contributed by atoms with Gasteiger partial charge in [-0.15, -0.1) is 0 Å². The minimum Gasteiger partial charge on any atom is -0.481 e. The van der Waals surface area contributed by atoms with E-state index in [0.717, 1.165) is 25.7 Å². The zero-order chi connectivity index (χ0) is 16.7. The number of hydrogen-bond acceptors (Lipinski definition) is 3. The van der Waals surface area contributed by atoms with E-state index in [0.29, 0.717) is 39.1 Å². The van der Waals surface area contributed by atoms with E-state index in [9.17, 15) is 14.4 Å². The Morgan fingerprint density at radius 3 is 2.17 bits per heavy atom. The Morgan fingerprint density at radius 2 is 1.57 bits per heavy atom. The molecule has 0 atom stereocenters. The van der Waals surface area contributed by atoms with Crippen LogP contribution in [0.2, 0.25) is 0 Å². The Labute approximate surface area is 137 Å². The molecule has 3 amide bonds. The van der Waals surface area contributed by atoms with Crippen molar-refractivity contribution in [1.82, 2.24) is 15.1 Å². The summed E-state index contributed by atoms with van der Waals surface area (Å²) in [6.45, 7) is 2.65. The molecule has 2 fully saturated rings. The van der Waals surface area contributed by atoms with Gasteiger partial charge in [-0.3, -0.25) is 9.59 Å². The zero-order valence-electron chi connectivity index (χ0n) is 13.6. The molecule has 1 saturated heterocycles. The van der Waals surface area contributed by atoms with Crippen LogP contribution in [0.4, 0.5) is 4.79 Å². The van der Waals surface area contributed by atoms with Crippen LogP contribution in [-0.4, -0.2) is 65.5 Å². The lowest BCUT2D eigenvalue weighted by Gasteiger charge is -2.37. The maximum atomic E-state index is 12.5. The summed E-state index contributed by atoms with van der Waals surface area (Å²) in [5, 5.41) is 11.3. The largest absolute Gasteiger partial charge is 0.481 e. The van der Waals surface area contributed by atoms with Crippen molar-refractivity contribution in [3.05, 3.63) is 0 Å². The van der Waals surface area contributed by atoms with Gasteiger partial charge in [0.25, 0.3) is 0 Å². The summed E-state index contributed by atoms with van der Waals surface area (Å²) in [4.78, 5) is 38.4. The highest BCUT2D eigenvalue weighted by Crippen LogP contribution is 2.25. The second-order valence-corrected chi connectivity index (χ2v) is 6.38. The summed E-state index contributed by atoms with van der Waals surface area (Å²) >= 11 is 0. The van der Waals surface area contributed by atoms with E-state index in [1.54, 1.807) is 4.90 Å². The van der Waals surface area contributed by atoms with Gasteiger partial charge in [-0.2, -0.15) is 0 Å². The fourth-order valence-corrected chi connectivity index (χ4v) is 3.28. The number of hydrogen-bond donors (Lipinski definition) is 2. The molecule has 0 aromatic carbocycles. The molecule has 1 aliphatic carbocycles. The summed E-state index contributed by atoms with van der Waals surface area (Å²) < 4.78 is 0. The van der Waals surface area contributed by atoms with Crippen LogP contribution < -0.4 is 5.32 Å². The number of carboxylic acid groups (broad SMARTS) is 1. The van der Waals surface area contributed by atoms with Crippen molar-refractivity contribution in [2.75, 3.05) is 32.7 Å². The van der Waals surface area contributed by atoms with E-state index >= 15 is 0 Å². The molecular weight excluding hydrogens is 298 g/mol. The molecule has 2 aliphatic rings. The van der Waals surface area contributed by atoms with Crippen LogP contribution in [0.5, 0.6) is 0 Å². The predicted molar refractivity (Wildman–Crippen MR) is 85.0 cm³/mol. The van der Waals surface area contributed by atoms with Crippen LogP contribution >= 0.6 is 0 Å². The van der Waals surface area contributed by atoms with Crippen LogP contribution in [0.15, 0.2) is 0 Å². The first-order chi connectivity index (χ1) is 11.1. The molecular formula is C16H27N3O4. The van der Waals surface area contributed by atoms with Crippen LogP contribution in [0.3, 0.4) is 0 Å². The fourth-order valence-electron chi connectivity index (χ4n) is 3.28. The lowest BCUT2D eigenvalue weighted by Crippen LogP contribution is -2.54. The summed E-state index contributed by atoms with van der Waals surface area (Å²) in [6, 6.07) is -0.167. The molecule has 7 heteroatoms. The second kappa shape index (κ2) is 8.74. The zero-order valence-corrected chi connectivity index (χ0v) is 13.6. The molecule has 0 unspecified atom stereocenters. The van der Waals surface area contributed by atoms with Crippen molar-refractivity contribution >= 4 is 17.9 Å². The van der Waals surface area contributed by atoms with Gasteiger partial charge in [0.1, 0.15) is 0 Å². The number of rotatable bonds is 5. The Kier molecular flexibility index (Phi) is 6.67. The van der Waals surface area contributed by atoms with Gasteiger partial charge in [0, 0.05) is 45.1 Å². The van der Waals surface area contributed by atoms with E-state index in [1.165, 1.54) is 6.42 Å². The van der Waals surface area contributed by atoms with Crippen molar-refractivity contribution < 1.29 is 19.5 Å². The first-order valence-corrected chi connectivity index (χ1v) is 8.61. The third-order valence-electron chi connectivity index (χ3n) is 4.68. The Hall–Kier alpha value is -1.79. The summed E-state index contributed by atoms with van der Waals surface area (Å²) in [6.07, 6.45) is 6.03. The number of amides is 3. The quantitative estimate of drug-likeness (QED) is 0.745. The average Bonchev–Trinajstić information content (AvgIpc) is 2.58. The topological polar surface area (TPSA) is 89.9 Å². The van der Waals surface area contributed by atoms with Gasteiger partial charge < -0.3 is 20.2 Å². The van der Waals surface area contributed by atoms with E-state index in [1.807, 2.05) is 4.90 Å². The molecule has 1 aliphatic heterocycles. The summed E-state index contributed by atoms with van der Waals surface area (Å²) in [5.41, 5.74) is 0. The van der Waals surface area contributed by atoms with Crippen LogP contribution in [0, 0.1) is 5.92 Å². The molecule has 7 nitrogen and oxygen atoms in total. The maximum absolute atomic E-state index is 12.5. The van der Waals surface area contributed by atoms with Crippen molar-refractivity contribution in [3.63, 3.8) is 0 Å². The lowest BCUT2D eigenvalue weighted by atomic mass is 9.88. The smallest absolute Gasteiger partial charge is 0.317 e.